The topological polar surface area (TPSA) is 30.9 Å². The van der Waals surface area contributed by atoms with Gasteiger partial charge in [0.2, 0.25) is 0 Å². The van der Waals surface area contributed by atoms with Crippen molar-refractivity contribution >= 4 is 22.3 Å². The van der Waals surface area contributed by atoms with Crippen LogP contribution in [0, 0.1) is 5.92 Å². The number of nitrogens with one attached hydrogen (secondary N) is 1. The van der Waals surface area contributed by atoms with E-state index < -0.39 is 0 Å². The van der Waals surface area contributed by atoms with Crippen LogP contribution in [0.4, 0.5) is 5.00 Å². The molecule has 3 rings (SSSR count). The largest absolute Gasteiger partial charge is 0.360 e. The number of guanidine groups is 1. The van der Waals surface area contributed by atoms with Crippen LogP contribution in [-0.2, 0) is 0 Å². The first-order chi connectivity index (χ1) is 9.28. The van der Waals surface area contributed by atoms with Crippen molar-refractivity contribution in [1.29, 1.82) is 0 Å². The average Bonchev–Trinajstić information content (AvgIpc) is 2.94. The molecule has 1 aliphatic heterocycles. The van der Waals surface area contributed by atoms with E-state index in [2.05, 4.69) is 44.5 Å². The van der Waals surface area contributed by atoms with Crippen molar-refractivity contribution in [3.63, 3.8) is 0 Å². The highest BCUT2D eigenvalue weighted by atomic mass is 32.1. The Balaban J connectivity index is 1.54. The van der Waals surface area contributed by atoms with Gasteiger partial charge in [0, 0.05) is 39.3 Å². The summed E-state index contributed by atoms with van der Waals surface area (Å²) in [5, 5.41) is 7.11. The van der Waals surface area contributed by atoms with Gasteiger partial charge in [0.25, 0.3) is 0 Å². The number of thiophene rings is 1. The number of hydrogen-bond donors (Lipinski definition) is 1. The van der Waals surface area contributed by atoms with Gasteiger partial charge in [-0.3, -0.25) is 4.99 Å². The fraction of sp³-hybridized carbons (Fsp3) is 0.643. The number of piperazine rings is 1. The van der Waals surface area contributed by atoms with Crippen LogP contribution in [0.3, 0.4) is 0 Å². The Hall–Kier alpha value is -1.23. The molecule has 2 unspecified atom stereocenters. The molecule has 2 atom stereocenters. The number of hydrogen-bond acceptors (Lipinski definition) is 3. The average molecular weight is 278 g/mol. The Morgan fingerprint density at radius 2 is 2.11 bits per heavy atom. The second-order valence-corrected chi connectivity index (χ2v) is 6.36. The molecule has 0 amide bonds. The zero-order chi connectivity index (χ0) is 13.2. The summed E-state index contributed by atoms with van der Waals surface area (Å²) >= 11 is 1.83. The molecule has 104 valence electrons. The van der Waals surface area contributed by atoms with E-state index in [1.165, 1.54) is 11.4 Å². The lowest BCUT2D eigenvalue weighted by molar-refractivity contribution is 0.372. The minimum atomic E-state index is 0.647. The molecule has 0 radical (unpaired) electrons. The van der Waals surface area contributed by atoms with Crippen molar-refractivity contribution in [2.24, 2.45) is 10.9 Å². The van der Waals surface area contributed by atoms with Gasteiger partial charge < -0.3 is 15.1 Å². The Kier molecular flexibility index (Phi) is 3.64. The highest BCUT2D eigenvalue weighted by Gasteiger charge is 2.34. The molecule has 5 heteroatoms. The molecule has 1 aromatic rings. The molecule has 1 N–H and O–H groups in total. The molecular formula is C14H22N4S. The SMILES string of the molecule is CN=C(NC1CC1C)N1CCN(c2cccs2)CC1. The summed E-state index contributed by atoms with van der Waals surface area (Å²) < 4.78 is 0. The Labute approximate surface area is 119 Å². The maximum absolute atomic E-state index is 4.43. The summed E-state index contributed by atoms with van der Waals surface area (Å²) in [7, 11) is 1.89. The van der Waals surface area contributed by atoms with Crippen molar-refractivity contribution in [1.82, 2.24) is 10.2 Å². The molecule has 1 saturated carbocycles. The predicted molar refractivity (Wildman–Crippen MR) is 82.2 cm³/mol. The highest BCUT2D eigenvalue weighted by molar-refractivity contribution is 7.14. The van der Waals surface area contributed by atoms with Crippen LogP contribution in [0.15, 0.2) is 22.5 Å². The zero-order valence-electron chi connectivity index (χ0n) is 11.7. The maximum atomic E-state index is 4.43. The Morgan fingerprint density at radius 3 is 2.63 bits per heavy atom. The normalized spacial score (nSPS) is 27.6. The van der Waals surface area contributed by atoms with E-state index >= 15 is 0 Å². The van der Waals surface area contributed by atoms with Gasteiger partial charge in [-0.15, -0.1) is 11.3 Å². The molecule has 0 spiro atoms. The van der Waals surface area contributed by atoms with Crippen LogP contribution in [0.2, 0.25) is 0 Å². The maximum Gasteiger partial charge on any atom is 0.193 e. The monoisotopic (exact) mass is 278 g/mol. The summed E-state index contributed by atoms with van der Waals surface area (Å²) in [6.07, 6.45) is 1.29. The van der Waals surface area contributed by atoms with Gasteiger partial charge in [-0.05, 0) is 29.9 Å². The summed E-state index contributed by atoms with van der Waals surface area (Å²) in [5.74, 6) is 1.89. The fourth-order valence-corrected chi connectivity index (χ4v) is 3.36. The number of anilines is 1. The second-order valence-electron chi connectivity index (χ2n) is 5.44. The number of nitrogens with zero attached hydrogens (tertiary/aromatic N) is 3. The van der Waals surface area contributed by atoms with Gasteiger partial charge in [0.05, 0.1) is 5.00 Å². The van der Waals surface area contributed by atoms with Gasteiger partial charge in [-0.1, -0.05) is 6.92 Å². The standard InChI is InChI=1S/C14H22N4S/c1-11-10-12(11)16-14(15-2)18-7-5-17(6-8-18)13-4-3-9-19-13/h3-4,9,11-12H,5-8,10H2,1-2H3,(H,15,16). The number of rotatable bonds is 2. The third kappa shape index (κ3) is 2.86. The third-order valence-corrected chi connectivity index (χ3v) is 4.96. The van der Waals surface area contributed by atoms with E-state index in [0.29, 0.717) is 6.04 Å². The molecular weight excluding hydrogens is 256 g/mol. The zero-order valence-corrected chi connectivity index (χ0v) is 12.5. The minimum absolute atomic E-state index is 0.647. The van der Waals surface area contributed by atoms with E-state index in [4.69, 9.17) is 0 Å². The van der Waals surface area contributed by atoms with Crippen molar-refractivity contribution < 1.29 is 0 Å². The van der Waals surface area contributed by atoms with Crippen LogP contribution < -0.4 is 10.2 Å². The lowest BCUT2D eigenvalue weighted by Crippen LogP contribution is -2.53. The molecule has 4 nitrogen and oxygen atoms in total. The van der Waals surface area contributed by atoms with Gasteiger partial charge in [-0.25, -0.2) is 0 Å². The van der Waals surface area contributed by atoms with E-state index in [1.54, 1.807) is 0 Å². The molecule has 1 aliphatic carbocycles. The second kappa shape index (κ2) is 5.41. The highest BCUT2D eigenvalue weighted by Crippen LogP contribution is 2.29. The Bertz CT molecular complexity index is 434. The van der Waals surface area contributed by atoms with Gasteiger partial charge >= 0.3 is 0 Å². The molecule has 1 saturated heterocycles. The van der Waals surface area contributed by atoms with Crippen LogP contribution in [0.5, 0.6) is 0 Å². The van der Waals surface area contributed by atoms with Crippen LogP contribution >= 0.6 is 11.3 Å². The first kappa shape index (κ1) is 12.8. The number of aliphatic imine (C=N–C) groups is 1. The van der Waals surface area contributed by atoms with Crippen LogP contribution in [-0.4, -0.2) is 50.1 Å². The van der Waals surface area contributed by atoms with Crippen molar-refractivity contribution in [2.75, 3.05) is 38.1 Å². The predicted octanol–water partition coefficient (Wildman–Crippen LogP) is 1.85. The molecule has 0 aromatic carbocycles. The van der Waals surface area contributed by atoms with Crippen LogP contribution in [0.25, 0.3) is 0 Å². The van der Waals surface area contributed by atoms with Crippen molar-refractivity contribution in [3.8, 4) is 0 Å². The summed E-state index contributed by atoms with van der Waals surface area (Å²) in [5.41, 5.74) is 0. The fourth-order valence-electron chi connectivity index (χ4n) is 2.57. The molecule has 0 bridgehead atoms. The lowest BCUT2D eigenvalue weighted by atomic mass is 10.3. The third-order valence-electron chi connectivity index (χ3n) is 4.03. The summed E-state index contributed by atoms with van der Waals surface area (Å²) in [6, 6.07) is 4.98. The van der Waals surface area contributed by atoms with Gasteiger partial charge in [0.15, 0.2) is 5.96 Å². The molecule has 2 fully saturated rings. The van der Waals surface area contributed by atoms with Crippen molar-refractivity contribution in [2.45, 2.75) is 19.4 Å². The van der Waals surface area contributed by atoms with E-state index in [1.807, 2.05) is 18.4 Å². The lowest BCUT2D eigenvalue weighted by Gasteiger charge is -2.37. The Morgan fingerprint density at radius 1 is 1.37 bits per heavy atom. The van der Waals surface area contributed by atoms with Gasteiger partial charge in [0.1, 0.15) is 0 Å². The summed E-state index contributed by atoms with van der Waals surface area (Å²) in [4.78, 5) is 9.28. The minimum Gasteiger partial charge on any atom is -0.360 e. The molecule has 2 aliphatic rings. The first-order valence-electron chi connectivity index (χ1n) is 7.04. The van der Waals surface area contributed by atoms with E-state index in [9.17, 15) is 0 Å². The molecule has 2 heterocycles. The van der Waals surface area contributed by atoms with Crippen LogP contribution in [0.1, 0.15) is 13.3 Å². The summed E-state index contributed by atoms with van der Waals surface area (Å²) in [6.45, 7) is 6.57. The molecule has 19 heavy (non-hydrogen) atoms. The molecule has 1 aromatic heterocycles. The first-order valence-corrected chi connectivity index (χ1v) is 7.92. The quantitative estimate of drug-likeness (QED) is 0.662. The smallest absolute Gasteiger partial charge is 0.193 e. The van der Waals surface area contributed by atoms with E-state index in [0.717, 1.165) is 38.1 Å². The van der Waals surface area contributed by atoms with E-state index in [-0.39, 0.29) is 0 Å². The van der Waals surface area contributed by atoms with Crippen molar-refractivity contribution in [3.05, 3.63) is 17.5 Å². The van der Waals surface area contributed by atoms with Gasteiger partial charge in [-0.2, -0.15) is 0 Å².